The quantitative estimate of drug-likeness (QED) is 0.713. The van der Waals surface area contributed by atoms with Gasteiger partial charge in [-0.2, -0.15) is 0 Å². The van der Waals surface area contributed by atoms with Crippen LogP contribution in [0.1, 0.15) is 0 Å². The van der Waals surface area contributed by atoms with Gasteiger partial charge in [0.05, 0.1) is 11.2 Å². The molecule has 13 heavy (non-hydrogen) atoms. The van der Waals surface area contributed by atoms with E-state index >= 15 is 0 Å². The summed E-state index contributed by atoms with van der Waals surface area (Å²) in [5.74, 6) is -0.335. The maximum atomic E-state index is 11.2. The summed E-state index contributed by atoms with van der Waals surface area (Å²) in [6.45, 7) is 0. The van der Waals surface area contributed by atoms with Crippen LogP contribution >= 0.6 is 0 Å². The second-order valence-corrected chi connectivity index (χ2v) is 2.83. The molecule has 0 radical (unpaired) electrons. The minimum Gasteiger partial charge on any atom is -0.405 e. The molecule has 0 saturated heterocycles. The highest BCUT2D eigenvalue weighted by atomic mass is 16.4. The predicted molar refractivity (Wildman–Crippen MR) is 51.0 cm³/mol. The van der Waals surface area contributed by atoms with E-state index in [4.69, 9.17) is 4.42 Å². The van der Waals surface area contributed by atoms with E-state index < -0.39 is 0 Å². The lowest BCUT2D eigenvalue weighted by Gasteiger charge is -1.98. The number of fused-ring (bicyclic) bond motifs is 1. The third kappa shape index (κ3) is 1.02. The van der Waals surface area contributed by atoms with Gasteiger partial charge < -0.3 is 9.73 Å². The topological polar surface area (TPSA) is 47.2 Å². The number of rotatable bonds is 1. The third-order valence-electron chi connectivity index (χ3n) is 2.09. The molecule has 0 saturated carbocycles. The van der Waals surface area contributed by atoms with Gasteiger partial charge in [0, 0.05) is 14.1 Å². The van der Waals surface area contributed by atoms with E-state index in [1.54, 1.807) is 14.1 Å². The van der Waals surface area contributed by atoms with E-state index in [-0.39, 0.29) is 5.76 Å². The Bertz CT molecular complexity index is 496. The third-order valence-corrected chi connectivity index (χ3v) is 2.09. The lowest BCUT2D eigenvalue weighted by molar-refractivity contribution is 0.529. The Hall–Kier alpha value is -1.71. The van der Waals surface area contributed by atoms with Gasteiger partial charge in [-0.15, -0.1) is 0 Å². The SMILES string of the molecule is CNc1cccc2c1oc(=O)n2C. The van der Waals surface area contributed by atoms with Crippen LogP contribution in [-0.4, -0.2) is 11.6 Å². The minimum absolute atomic E-state index is 0.335. The molecule has 0 atom stereocenters. The number of aryl methyl sites for hydroxylation is 1. The van der Waals surface area contributed by atoms with Crippen LogP contribution in [0.5, 0.6) is 0 Å². The van der Waals surface area contributed by atoms with E-state index in [1.807, 2.05) is 18.2 Å². The van der Waals surface area contributed by atoms with Crippen LogP contribution in [0.4, 0.5) is 5.69 Å². The summed E-state index contributed by atoms with van der Waals surface area (Å²) in [6.07, 6.45) is 0. The molecule has 0 aliphatic rings. The minimum atomic E-state index is -0.335. The molecule has 0 spiro atoms. The Morgan fingerprint density at radius 2 is 2.23 bits per heavy atom. The molecule has 2 aromatic rings. The zero-order valence-electron chi connectivity index (χ0n) is 7.50. The largest absolute Gasteiger partial charge is 0.419 e. The van der Waals surface area contributed by atoms with E-state index in [0.29, 0.717) is 5.58 Å². The van der Waals surface area contributed by atoms with Crippen molar-refractivity contribution in [1.82, 2.24) is 4.57 Å². The Morgan fingerprint density at radius 3 is 2.92 bits per heavy atom. The maximum Gasteiger partial charge on any atom is 0.419 e. The van der Waals surface area contributed by atoms with Crippen LogP contribution in [0.25, 0.3) is 11.1 Å². The number of para-hydroxylation sites is 1. The van der Waals surface area contributed by atoms with Crippen molar-refractivity contribution in [2.75, 3.05) is 12.4 Å². The molecule has 0 fully saturated rings. The molecule has 1 aromatic heterocycles. The molecule has 0 aliphatic heterocycles. The van der Waals surface area contributed by atoms with Crippen LogP contribution < -0.4 is 11.1 Å². The van der Waals surface area contributed by atoms with Crippen LogP contribution in [0.2, 0.25) is 0 Å². The molecule has 0 bridgehead atoms. The van der Waals surface area contributed by atoms with Crippen molar-refractivity contribution in [1.29, 1.82) is 0 Å². The molecule has 2 rings (SSSR count). The Kier molecular flexibility index (Phi) is 1.62. The fourth-order valence-electron chi connectivity index (χ4n) is 1.35. The van der Waals surface area contributed by atoms with Gasteiger partial charge in [-0.3, -0.25) is 4.57 Å². The van der Waals surface area contributed by atoms with E-state index in [2.05, 4.69) is 5.32 Å². The number of nitrogens with one attached hydrogen (secondary N) is 1. The van der Waals surface area contributed by atoms with Gasteiger partial charge in [0.1, 0.15) is 0 Å². The number of aromatic nitrogens is 1. The summed E-state index contributed by atoms with van der Waals surface area (Å²) in [4.78, 5) is 11.2. The fourth-order valence-corrected chi connectivity index (χ4v) is 1.35. The van der Waals surface area contributed by atoms with Gasteiger partial charge >= 0.3 is 5.76 Å². The lowest BCUT2D eigenvalue weighted by atomic mass is 10.3. The number of benzene rings is 1. The first kappa shape index (κ1) is 7.91. The summed E-state index contributed by atoms with van der Waals surface area (Å²) >= 11 is 0. The van der Waals surface area contributed by atoms with Gasteiger partial charge in [0.2, 0.25) is 0 Å². The van der Waals surface area contributed by atoms with Crippen molar-refractivity contribution in [2.24, 2.45) is 7.05 Å². The second kappa shape index (κ2) is 2.65. The van der Waals surface area contributed by atoms with Crippen LogP contribution in [-0.2, 0) is 7.05 Å². The first-order valence-electron chi connectivity index (χ1n) is 4.00. The number of oxazole rings is 1. The van der Waals surface area contributed by atoms with Crippen LogP contribution in [0.3, 0.4) is 0 Å². The van der Waals surface area contributed by atoms with Crippen molar-refractivity contribution in [3.05, 3.63) is 28.7 Å². The number of anilines is 1. The van der Waals surface area contributed by atoms with Crippen LogP contribution in [0, 0.1) is 0 Å². The first-order chi connectivity index (χ1) is 6.24. The molecule has 0 amide bonds. The number of hydrogen-bond acceptors (Lipinski definition) is 3. The van der Waals surface area contributed by atoms with Crippen LogP contribution in [0.15, 0.2) is 27.4 Å². The van der Waals surface area contributed by atoms with Gasteiger partial charge in [-0.05, 0) is 12.1 Å². The monoisotopic (exact) mass is 178 g/mol. The number of nitrogens with zero attached hydrogens (tertiary/aromatic N) is 1. The Labute approximate surface area is 74.8 Å². The van der Waals surface area contributed by atoms with Crippen molar-refractivity contribution >= 4 is 16.8 Å². The molecule has 0 unspecified atom stereocenters. The zero-order chi connectivity index (χ0) is 9.42. The fraction of sp³-hybridized carbons (Fsp3) is 0.222. The van der Waals surface area contributed by atoms with Gasteiger partial charge in [0.25, 0.3) is 0 Å². The van der Waals surface area contributed by atoms with Gasteiger partial charge in [-0.25, -0.2) is 4.79 Å². The summed E-state index contributed by atoms with van der Waals surface area (Å²) < 4.78 is 6.55. The standard InChI is InChI=1S/C9H10N2O2/c1-10-6-4-3-5-7-8(6)13-9(12)11(7)2/h3-5,10H,1-2H3. The summed E-state index contributed by atoms with van der Waals surface area (Å²) in [5.41, 5.74) is 2.24. The van der Waals surface area contributed by atoms with E-state index in [0.717, 1.165) is 11.2 Å². The maximum absolute atomic E-state index is 11.2. The highest BCUT2D eigenvalue weighted by molar-refractivity contribution is 5.86. The Morgan fingerprint density at radius 1 is 1.46 bits per heavy atom. The predicted octanol–water partition coefficient (Wildman–Crippen LogP) is 1.17. The number of hydrogen-bond donors (Lipinski definition) is 1. The molecule has 68 valence electrons. The molecule has 0 aliphatic carbocycles. The van der Waals surface area contributed by atoms with E-state index in [9.17, 15) is 4.79 Å². The zero-order valence-corrected chi connectivity index (χ0v) is 7.50. The highest BCUT2D eigenvalue weighted by Gasteiger charge is 2.07. The first-order valence-corrected chi connectivity index (χ1v) is 4.00. The Balaban J connectivity index is 2.92. The second-order valence-electron chi connectivity index (χ2n) is 2.83. The highest BCUT2D eigenvalue weighted by Crippen LogP contribution is 2.20. The molecule has 1 heterocycles. The van der Waals surface area contributed by atoms with Crippen molar-refractivity contribution < 1.29 is 4.42 Å². The molecular weight excluding hydrogens is 168 g/mol. The smallest absolute Gasteiger partial charge is 0.405 e. The average Bonchev–Trinajstić information content (AvgIpc) is 2.43. The van der Waals surface area contributed by atoms with Crippen molar-refractivity contribution in [2.45, 2.75) is 0 Å². The molecule has 1 aromatic carbocycles. The normalized spacial score (nSPS) is 10.6. The summed E-state index contributed by atoms with van der Waals surface area (Å²) in [6, 6.07) is 5.59. The average molecular weight is 178 g/mol. The van der Waals surface area contributed by atoms with Gasteiger partial charge in [0.15, 0.2) is 5.58 Å². The lowest BCUT2D eigenvalue weighted by Crippen LogP contribution is -2.08. The van der Waals surface area contributed by atoms with Gasteiger partial charge in [-0.1, -0.05) is 6.07 Å². The van der Waals surface area contributed by atoms with Crippen molar-refractivity contribution in [3.8, 4) is 0 Å². The van der Waals surface area contributed by atoms with Crippen molar-refractivity contribution in [3.63, 3.8) is 0 Å². The molecule has 4 nitrogen and oxygen atoms in total. The summed E-state index contributed by atoms with van der Waals surface area (Å²) in [5, 5.41) is 2.96. The summed E-state index contributed by atoms with van der Waals surface area (Å²) in [7, 11) is 3.48. The molecule has 1 N–H and O–H groups in total. The van der Waals surface area contributed by atoms with E-state index in [1.165, 1.54) is 4.57 Å². The molecule has 4 heteroatoms. The molecular formula is C9H10N2O2.